The molecule has 8 heteroatoms. The van der Waals surface area contributed by atoms with Crippen LogP contribution in [0.5, 0.6) is 0 Å². The van der Waals surface area contributed by atoms with E-state index in [0.717, 1.165) is 57.7 Å². The molecule has 168 valence electrons. The second-order valence-electron chi connectivity index (χ2n) is 9.30. The first-order valence-corrected chi connectivity index (χ1v) is 11.5. The highest BCUT2D eigenvalue weighted by Crippen LogP contribution is 2.48. The monoisotopic (exact) mass is 442 g/mol. The molecule has 1 fully saturated rings. The number of carbonyl (C=O) groups excluding carboxylic acids is 1. The molecule has 1 aliphatic heterocycles. The van der Waals surface area contributed by atoms with Gasteiger partial charge >= 0.3 is 0 Å². The van der Waals surface area contributed by atoms with E-state index in [1.807, 2.05) is 35.2 Å². The Bertz CT molecular complexity index is 1370. The Labute approximate surface area is 191 Å². The van der Waals surface area contributed by atoms with Gasteiger partial charge < -0.3 is 19.7 Å². The number of nitrogens with zero attached hydrogens (tertiary/aromatic N) is 5. The third-order valence-electron chi connectivity index (χ3n) is 6.67. The third kappa shape index (κ3) is 3.20. The molecule has 1 amide bonds. The van der Waals surface area contributed by atoms with Gasteiger partial charge in [0.25, 0.3) is 0 Å². The first kappa shape index (κ1) is 20.0. The zero-order chi connectivity index (χ0) is 22.7. The molecule has 8 nitrogen and oxygen atoms in total. The van der Waals surface area contributed by atoms with Crippen LogP contribution in [0.25, 0.3) is 22.3 Å². The van der Waals surface area contributed by atoms with Crippen molar-refractivity contribution >= 4 is 22.8 Å². The largest absolute Gasteiger partial charge is 0.383 e. The van der Waals surface area contributed by atoms with E-state index in [2.05, 4.69) is 33.5 Å². The highest BCUT2D eigenvalue weighted by atomic mass is 16.5. The van der Waals surface area contributed by atoms with Crippen LogP contribution in [0.2, 0.25) is 0 Å². The number of carbonyl (C=O) groups is 1. The van der Waals surface area contributed by atoms with Gasteiger partial charge in [0.05, 0.1) is 24.9 Å². The number of nitrogens with two attached hydrogens (primary N) is 1. The van der Waals surface area contributed by atoms with E-state index in [4.69, 9.17) is 10.3 Å². The molecule has 2 N–H and O–H groups in total. The maximum atomic E-state index is 13.5. The topological polar surface area (TPSA) is 103 Å². The lowest BCUT2D eigenvalue weighted by molar-refractivity contribution is -0.131. The Kier molecular flexibility index (Phi) is 4.50. The number of rotatable bonds is 4. The Balaban J connectivity index is 1.55. The number of fused-ring (bicyclic) bond motifs is 5. The Hall–Kier alpha value is -3.68. The molecule has 4 heterocycles. The van der Waals surface area contributed by atoms with Crippen molar-refractivity contribution in [2.75, 3.05) is 5.73 Å². The minimum atomic E-state index is 0.0718. The zero-order valence-electron chi connectivity index (χ0n) is 18.8. The molecule has 0 radical (unpaired) electrons. The molecule has 0 atom stereocenters. The predicted molar refractivity (Wildman–Crippen MR) is 124 cm³/mol. The van der Waals surface area contributed by atoms with Gasteiger partial charge in [0.15, 0.2) is 0 Å². The number of aromatic nitrogens is 4. The van der Waals surface area contributed by atoms with Gasteiger partial charge in [-0.2, -0.15) is 0 Å². The molecule has 33 heavy (non-hydrogen) atoms. The van der Waals surface area contributed by atoms with Crippen LogP contribution >= 0.6 is 0 Å². The summed E-state index contributed by atoms with van der Waals surface area (Å²) in [7, 11) is 0. The minimum Gasteiger partial charge on any atom is -0.383 e. The molecule has 1 aliphatic carbocycles. The number of anilines is 1. The third-order valence-corrected chi connectivity index (χ3v) is 6.67. The Morgan fingerprint density at radius 1 is 1.18 bits per heavy atom. The van der Waals surface area contributed by atoms with Crippen molar-refractivity contribution in [2.45, 2.75) is 58.2 Å². The van der Waals surface area contributed by atoms with Gasteiger partial charge in [0.1, 0.15) is 29.2 Å². The van der Waals surface area contributed by atoms with E-state index in [9.17, 15) is 4.79 Å². The normalized spacial score (nSPS) is 15.5. The zero-order valence-corrected chi connectivity index (χ0v) is 18.8. The Morgan fingerprint density at radius 3 is 2.70 bits per heavy atom. The van der Waals surface area contributed by atoms with Crippen molar-refractivity contribution in [3.8, 4) is 11.3 Å². The standard InChI is InChI=1S/C25H26N6O2/c1-14(2)31-18-12-30(19(32)10-15-6-4-3-5-7-15)11-17-22(29-33-23(17)16-8-9-16)20(18)21-24(26)27-13-28-25(21)31/h3-7,13-14,16H,8-12H2,1-2H3,(H2,26,27,28). The van der Waals surface area contributed by atoms with Gasteiger partial charge in [-0.25, -0.2) is 9.97 Å². The van der Waals surface area contributed by atoms with E-state index < -0.39 is 0 Å². The second-order valence-corrected chi connectivity index (χ2v) is 9.30. The molecule has 6 rings (SSSR count). The van der Waals surface area contributed by atoms with Crippen molar-refractivity contribution in [1.82, 2.24) is 24.6 Å². The smallest absolute Gasteiger partial charge is 0.227 e. The van der Waals surface area contributed by atoms with Crippen LogP contribution in [-0.2, 0) is 24.3 Å². The maximum absolute atomic E-state index is 13.5. The van der Waals surface area contributed by atoms with Crippen LogP contribution in [-0.4, -0.2) is 30.5 Å². The molecule has 0 unspecified atom stereocenters. The first-order chi connectivity index (χ1) is 16.0. The van der Waals surface area contributed by atoms with E-state index in [1.165, 1.54) is 6.33 Å². The number of hydrogen-bond donors (Lipinski definition) is 1. The summed E-state index contributed by atoms with van der Waals surface area (Å²) in [5, 5.41) is 5.31. The van der Waals surface area contributed by atoms with Gasteiger partial charge in [-0.15, -0.1) is 0 Å². The highest BCUT2D eigenvalue weighted by molar-refractivity contribution is 6.02. The fraction of sp³-hybridized carbons (Fsp3) is 0.360. The number of hydrogen-bond acceptors (Lipinski definition) is 6. The van der Waals surface area contributed by atoms with Crippen molar-refractivity contribution in [1.29, 1.82) is 0 Å². The van der Waals surface area contributed by atoms with Gasteiger partial charge in [-0.05, 0) is 32.3 Å². The number of nitrogen functional groups attached to an aromatic ring is 1. The summed E-state index contributed by atoms with van der Waals surface area (Å²) in [5.74, 6) is 1.77. The first-order valence-electron chi connectivity index (χ1n) is 11.5. The lowest BCUT2D eigenvalue weighted by Gasteiger charge is -2.23. The van der Waals surface area contributed by atoms with Crippen molar-refractivity contribution in [3.63, 3.8) is 0 Å². The molecule has 1 aromatic carbocycles. The van der Waals surface area contributed by atoms with E-state index in [0.29, 0.717) is 31.2 Å². The van der Waals surface area contributed by atoms with Crippen LogP contribution in [0, 0.1) is 0 Å². The molecular formula is C25H26N6O2. The summed E-state index contributed by atoms with van der Waals surface area (Å²) in [6.07, 6.45) is 4.02. The van der Waals surface area contributed by atoms with Gasteiger partial charge in [-0.1, -0.05) is 35.5 Å². The van der Waals surface area contributed by atoms with Crippen molar-refractivity contribution in [3.05, 3.63) is 59.2 Å². The SMILES string of the molecule is CC(C)n1c2c(c3c(N)ncnc31)-c1noc(C3CC3)c1CN(C(=O)Cc1ccccc1)C2. The summed E-state index contributed by atoms with van der Waals surface area (Å²) >= 11 is 0. The molecule has 0 bridgehead atoms. The quantitative estimate of drug-likeness (QED) is 0.508. The summed E-state index contributed by atoms with van der Waals surface area (Å²) in [6.45, 7) is 5.14. The summed E-state index contributed by atoms with van der Waals surface area (Å²) in [5.41, 5.74) is 11.8. The highest BCUT2D eigenvalue weighted by Gasteiger charge is 2.38. The summed E-state index contributed by atoms with van der Waals surface area (Å²) < 4.78 is 8.04. The van der Waals surface area contributed by atoms with Crippen molar-refractivity contribution in [2.24, 2.45) is 0 Å². The second kappa shape index (κ2) is 7.43. The average Bonchev–Trinajstić information content (AvgIpc) is 3.51. The predicted octanol–water partition coefficient (Wildman–Crippen LogP) is 4.21. The molecule has 3 aromatic heterocycles. The lowest BCUT2D eigenvalue weighted by atomic mass is 10.0. The molecular weight excluding hydrogens is 416 g/mol. The fourth-order valence-corrected chi connectivity index (χ4v) is 4.99. The Morgan fingerprint density at radius 2 is 1.97 bits per heavy atom. The molecule has 1 saturated carbocycles. The minimum absolute atomic E-state index is 0.0718. The maximum Gasteiger partial charge on any atom is 0.227 e. The summed E-state index contributed by atoms with van der Waals surface area (Å²) in [4.78, 5) is 24.3. The number of benzene rings is 1. The van der Waals surface area contributed by atoms with Gasteiger partial charge in [-0.3, -0.25) is 4.79 Å². The molecule has 2 aliphatic rings. The fourth-order valence-electron chi connectivity index (χ4n) is 4.99. The lowest BCUT2D eigenvalue weighted by Crippen LogP contribution is -2.32. The molecule has 0 saturated heterocycles. The molecule has 0 spiro atoms. The van der Waals surface area contributed by atoms with E-state index >= 15 is 0 Å². The molecule has 4 aromatic rings. The number of amides is 1. The van der Waals surface area contributed by atoms with Gasteiger partial charge in [0, 0.05) is 28.8 Å². The van der Waals surface area contributed by atoms with Gasteiger partial charge in [0.2, 0.25) is 5.91 Å². The summed E-state index contributed by atoms with van der Waals surface area (Å²) in [6, 6.07) is 9.98. The van der Waals surface area contributed by atoms with Crippen LogP contribution in [0.3, 0.4) is 0 Å². The van der Waals surface area contributed by atoms with Crippen LogP contribution < -0.4 is 5.73 Å². The van der Waals surface area contributed by atoms with Crippen LogP contribution in [0.15, 0.2) is 41.2 Å². The van der Waals surface area contributed by atoms with E-state index in [-0.39, 0.29) is 11.9 Å². The average molecular weight is 443 g/mol. The van der Waals surface area contributed by atoms with E-state index in [1.54, 1.807) is 0 Å². The van der Waals surface area contributed by atoms with Crippen molar-refractivity contribution < 1.29 is 9.32 Å². The van der Waals surface area contributed by atoms with Crippen LogP contribution in [0.1, 0.15) is 61.2 Å². The van der Waals surface area contributed by atoms with Crippen LogP contribution in [0.4, 0.5) is 5.82 Å².